The molecule has 0 radical (unpaired) electrons. The number of thiophene rings is 1. The van der Waals surface area contributed by atoms with Crippen LogP contribution in [0, 0.1) is 0 Å². The van der Waals surface area contributed by atoms with E-state index >= 15 is 0 Å². The van der Waals surface area contributed by atoms with Gasteiger partial charge in [-0.3, -0.25) is 0 Å². The Morgan fingerprint density at radius 3 is 3.12 bits per heavy atom. The number of aryl methyl sites for hydroxylation is 3. The minimum atomic E-state index is -0.00481. The van der Waals surface area contributed by atoms with Gasteiger partial charge in [0.15, 0.2) is 5.82 Å². The van der Waals surface area contributed by atoms with Crippen molar-refractivity contribution >= 4 is 11.3 Å². The highest BCUT2D eigenvalue weighted by molar-refractivity contribution is 7.12. The highest BCUT2D eigenvalue weighted by Gasteiger charge is 2.19. The zero-order chi connectivity index (χ0) is 11.8. The SMILES string of the molecule is Cn1nnc(CC(N)c2cc3c(s2)CCC3)n1. The predicted octanol–water partition coefficient (Wildman–Crippen LogP) is 1.00. The number of nitrogens with zero attached hydrogens (tertiary/aromatic N) is 4. The number of rotatable bonds is 3. The molecule has 0 bridgehead atoms. The lowest BCUT2D eigenvalue weighted by Gasteiger charge is -2.05. The molecule has 2 heterocycles. The third-order valence-electron chi connectivity index (χ3n) is 3.08. The molecule has 17 heavy (non-hydrogen) atoms. The second-order valence-electron chi connectivity index (χ2n) is 4.46. The van der Waals surface area contributed by atoms with Crippen molar-refractivity contribution in [1.82, 2.24) is 20.2 Å². The molecule has 2 N–H and O–H groups in total. The van der Waals surface area contributed by atoms with Crippen molar-refractivity contribution in [2.24, 2.45) is 12.8 Å². The average Bonchev–Trinajstić information content (AvgIpc) is 2.92. The van der Waals surface area contributed by atoms with Crippen LogP contribution >= 0.6 is 11.3 Å². The van der Waals surface area contributed by atoms with Gasteiger partial charge in [-0.25, -0.2) is 0 Å². The number of fused-ring (bicyclic) bond motifs is 1. The first-order chi connectivity index (χ1) is 8.22. The third-order valence-corrected chi connectivity index (χ3v) is 4.45. The molecule has 0 aromatic carbocycles. The van der Waals surface area contributed by atoms with E-state index in [1.54, 1.807) is 7.05 Å². The molecule has 5 nitrogen and oxygen atoms in total. The van der Waals surface area contributed by atoms with Gasteiger partial charge in [0.05, 0.1) is 7.05 Å². The summed E-state index contributed by atoms with van der Waals surface area (Å²) in [5.74, 6) is 0.716. The van der Waals surface area contributed by atoms with Gasteiger partial charge < -0.3 is 5.73 Å². The van der Waals surface area contributed by atoms with E-state index in [0.29, 0.717) is 12.2 Å². The van der Waals surface area contributed by atoms with Gasteiger partial charge >= 0.3 is 0 Å². The van der Waals surface area contributed by atoms with Gasteiger partial charge in [0.25, 0.3) is 0 Å². The normalized spacial score (nSPS) is 16.1. The molecule has 3 rings (SSSR count). The molecule has 0 fully saturated rings. The number of aromatic nitrogens is 4. The molecule has 0 saturated heterocycles. The van der Waals surface area contributed by atoms with Crippen molar-refractivity contribution in [3.05, 3.63) is 27.2 Å². The van der Waals surface area contributed by atoms with Crippen molar-refractivity contribution in [1.29, 1.82) is 0 Å². The van der Waals surface area contributed by atoms with Crippen molar-refractivity contribution in [2.45, 2.75) is 31.7 Å². The predicted molar refractivity (Wildman–Crippen MR) is 65.8 cm³/mol. The zero-order valence-corrected chi connectivity index (χ0v) is 10.6. The summed E-state index contributed by atoms with van der Waals surface area (Å²) in [6, 6.07) is 2.25. The van der Waals surface area contributed by atoms with E-state index in [4.69, 9.17) is 5.73 Å². The lowest BCUT2D eigenvalue weighted by Crippen LogP contribution is -2.13. The van der Waals surface area contributed by atoms with E-state index in [1.165, 1.54) is 39.4 Å². The van der Waals surface area contributed by atoms with Crippen LogP contribution in [0.5, 0.6) is 0 Å². The number of hydrogen-bond acceptors (Lipinski definition) is 5. The molecule has 90 valence electrons. The molecule has 1 unspecified atom stereocenters. The molecule has 0 spiro atoms. The molecular weight excluding hydrogens is 234 g/mol. The molecule has 6 heteroatoms. The Labute approximate surface area is 104 Å². The zero-order valence-electron chi connectivity index (χ0n) is 9.76. The highest BCUT2D eigenvalue weighted by atomic mass is 32.1. The summed E-state index contributed by atoms with van der Waals surface area (Å²) in [5, 5.41) is 11.9. The van der Waals surface area contributed by atoms with Crippen LogP contribution in [0.25, 0.3) is 0 Å². The quantitative estimate of drug-likeness (QED) is 0.881. The van der Waals surface area contributed by atoms with E-state index < -0.39 is 0 Å². The van der Waals surface area contributed by atoms with Crippen LogP contribution in [0.2, 0.25) is 0 Å². The first-order valence-corrected chi connectivity index (χ1v) is 6.64. The number of nitrogens with two attached hydrogens (primary N) is 1. The largest absolute Gasteiger partial charge is 0.323 e. The lowest BCUT2D eigenvalue weighted by molar-refractivity contribution is 0.623. The van der Waals surface area contributed by atoms with E-state index in [1.807, 2.05) is 11.3 Å². The van der Waals surface area contributed by atoms with Crippen molar-refractivity contribution in [3.8, 4) is 0 Å². The monoisotopic (exact) mass is 249 g/mol. The molecule has 0 saturated carbocycles. The van der Waals surface area contributed by atoms with Crippen LogP contribution in [-0.2, 0) is 26.3 Å². The summed E-state index contributed by atoms with van der Waals surface area (Å²) in [5.41, 5.74) is 7.68. The van der Waals surface area contributed by atoms with Crippen LogP contribution in [0.15, 0.2) is 6.07 Å². The van der Waals surface area contributed by atoms with Gasteiger partial charge in [0.2, 0.25) is 0 Å². The Morgan fingerprint density at radius 1 is 1.53 bits per heavy atom. The molecule has 0 amide bonds. The van der Waals surface area contributed by atoms with Crippen molar-refractivity contribution < 1.29 is 0 Å². The lowest BCUT2D eigenvalue weighted by atomic mass is 10.1. The summed E-state index contributed by atoms with van der Waals surface area (Å²) in [7, 11) is 1.77. The topological polar surface area (TPSA) is 69.6 Å². The van der Waals surface area contributed by atoms with Crippen LogP contribution in [0.4, 0.5) is 0 Å². The van der Waals surface area contributed by atoms with Gasteiger partial charge in [-0.1, -0.05) is 0 Å². The first kappa shape index (κ1) is 10.9. The Balaban J connectivity index is 1.75. The van der Waals surface area contributed by atoms with Crippen molar-refractivity contribution in [2.75, 3.05) is 0 Å². The molecule has 0 aliphatic heterocycles. The second kappa shape index (κ2) is 4.19. The standard InChI is InChI=1S/C11H15N5S/c1-16-14-11(13-15-16)6-8(12)10-5-7-3-2-4-9(7)17-10/h5,8H,2-4,6,12H2,1H3. The van der Waals surface area contributed by atoms with Gasteiger partial charge in [-0.15, -0.1) is 21.5 Å². The van der Waals surface area contributed by atoms with Gasteiger partial charge in [0, 0.05) is 22.2 Å². The van der Waals surface area contributed by atoms with E-state index in [-0.39, 0.29) is 6.04 Å². The van der Waals surface area contributed by atoms with E-state index in [0.717, 1.165) is 0 Å². The molecule has 1 aliphatic rings. The van der Waals surface area contributed by atoms with E-state index in [2.05, 4.69) is 21.5 Å². The minimum absolute atomic E-state index is 0.00481. The highest BCUT2D eigenvalue weighted by Crippen LogP contribution is 2.33. The maximum absolute atomic E-state index is 6.19. The molecule has 2 aromatic rings. The Hall–Kier alpha value is -1.27. The molecule has 1 aliphatic carbocycles. The van der Waals surface area contributed by atoms with Gasteiger partial charge in [-0.2, -0.15) is 4.80 Å². The fourth-order valence-electron chi connectivity index (χ4n) is 2.24. The fourth-order valence-corrected chi connectivity index (χ4v) is 3.50. The number of tetrazole rings is 1. The molecule has 2 aromatic heterocycles. The Morgan fingerprint density at radius 2 is 2.41 bits per heavy atom. The summed E-state index contributed by atoms with van der Waals surface area (Å²) in [4.78, 5) is 4.24. The molecular formula is C11H15N5S. The molecule has 1 atom stereocenters. The summed E-state index contributed by atoms with van der Waals surface area (Å²) >= 11 is 1.85. The first-order valence-electron chi connectivity index (χ1n) is 5.82. The van der Waals surface area contributed by atoms with Crippen LogP contribution in [0.1, 0.15) is 33.6 Å². The van der Waals surface area contributed by atoms with Crippen LogP contribution in [-0.4, -0.2) is 20.2 Å². The maximum atomic E-state index is 6.19. The van der Waals surface area contributed by atoms with Gasteiger partial charge in [0.1, 0.15) is 0 Å². The van der Waals surface area contributed by atoms with Crippen LogP contribution < -0.4 is 5.73 Å². The second-order valence-corrected chi connectivity index (χ2v) is 5.62. The smallest absolute Gasteiger partial charge is 0.176 e. The maximum Gasteiger partial charge on any atom is 0.176 e. The average molecular weight is 249 g/mol. The Bertz CT molecular complexity index is 508. The van der Waals surface area contributed by atoms with Crippen LogP contribution in [0.3, 0.4) is 0 Å². The number of hydrogen-bond donors (Lipinski definition) is 1. The van der Waals surface area contributed by atoms with Gasteiger partial charge in [-0.05, 0) is 36.1 Å². The third kappa shape index (κ3) is 2.10. The summed E-state index contributed by atoms with van der Waals surface area (Å²) in [6.45, 7) is 0. The summed E-state index contributed by atoms with van der Waals surface area (Å²) < 4.78 is 0. The van der Waals surface area contributed by atoms with E-state index in [9.17, 15) is 0 Å². The fraction of sp³-hybridized carbons (Fsp3) is 0.545. The Kier molecular flexibility index (Phi) is 2.68. The minimum Gasteiger partial charge on any atom is -0.323 e. The summed E-state index contributed by atoms with van der Waals surface area (Å²) in [6.07, 6.45) is 4.38. The van der Waals surface area contributed by atoms with Crippen molar-refractivity contribution in [3.63, 3.8) is 0 Å².